The maximum absolute atomic E-state index is 5.66. The van der Waals surface area contributed by atoms with Gasteiger partial charge in [-0.3, -0.25) is 0 Å². The van der Waals surface area contributed by atoms with Gasteiger partial charge in [0.1, 0.15) is 5.60 Å². The Labute approximate surface area is 105 Å². The monoisotopic (exact) mass is 241 g/mol. The first-order chi connectivity index (χ1) is 8.15. The SMILES string of the molecule is COC1(CNC2CCC(C)CC2C)CCOC1. The van der Waals surface area contributed by atoms with Gasteiger partial charge < -0.3 is 14.8 Å². The van der Waals surface area contributed by atoms with E-state index in [1.54, 1.807) is 0 Å². The molecule has 1 aliphatic carbocycles. The van der Waals surface area contributed by atoms with Crippen LogP contribution in [0.2, 0.25) is 0 Å². The third-order valence-corrected chi connectivity index (χ3v) is 4.62. The number of methoxy groups -OCH3 is 1. The van der Waals surface area contributed by atoms with Gasteiger partial charge in [-0.2, -0.15) is 0 Å². The van der Waals surface area contributed by atoms with E-state index >= 15 is 0 Å². The van der Waals surface area contributed by atoms with Gasteiger partial charge in [0.15, 0.2) is 0 Å². The minimum Gasteiger partial charge on any atom is -0.378 e. The lowest BCUT2D eigenvalue weighted by Gasteiger charge is -2.36. The van der Waals surface area contributed by atoms with Crippen LogP contribution >= 0.6 is 0 Å². The lowest BCUT2D eigenvalue weighted by atomic mass is 9.79. The molecule has 0 spiro atoms. The van der Waals surface area contributed by atoms with Crippen LogP contribution in [0.1, 0.15) is 39.5 Å². The Hall–Kier alpha value is -0.120. The highest BCUT2D eigenvalue weighted by Crippen LogP contribution is 2.29. The fourth-order valence-corrected chi connectivity index (χ4v) is 3.25. The van der Waals surface area contributed by atoms with E-state index in [4.69, 9.17) is 9.47 Å². The molecule has 1 saturated carbocycles. The molecule has 1 saturated heterocycles. The van der Waals surface area contributed by atoms with E-state index in [2.05, 4.69) is 19.2 Å². The van der Waals surface area contributed by atoms with Crippen LogP contribution in [0, 0.1) is 11.8 Å². The van der Waals surface area contributed by atoms with E-state index in [0.29, 0.717) is 6.04 Å². The quantitative estimate of drug-likeness (QED) is 0.818. The van der Waals surface area contributed by atoms with E-state index in [1.807, 2.05) is 7.11 Å². The standard InChI is InChI=1S/C14H27NO2/c1-11-4-5-13(12(2)8-11)15-9-14(16-3)6-7-17-10-14/h11-13,15H,4-10H2,1-3H3. The zero-order chi connectivity index (χ0) is 12.3. The average molecular weight is 241 g/mol. The molecule has 0 radical (unpaired) electrons. The van der Waals surface area contributed by atoms with Crippen molar-refractivity contribution >= 4 is 0 Å². The van der Waals surface area contributed by atoms with Gasteiger partial charge in [-0.1, -0.05) is 13.8 Å². The van der Waals surface area contributed by atoms with Crippen molar-refractivity contribution in [1.82, 2.24) is 5.32 Å². The molecular formula is C14H27NO2. The minimum atomic E-state index is -0.0667. The van der Waals surface area contributed by atoms with E-state index in [-0.39, 0.29) is 5.60 Å². The van der Waals surface area contributed by atoms with Gasteiger partial charge in [0, 0.05) is 32.7 Å². The van der Waals surface area contributed by atoms with Crippen molar-refractivity contribution in [3.05, 3.63) is 0 Å². The highest BCUT2D eigenvalue weighted by Gasteiger charge is 2.36. The summed E-state index contributed by atoms with van der Waals surface area (Å²) in [7, 11) is 1.81. The summed E-state index contributed by atoms with van der Waals surface area (Å²) >= 11 is 0. The second-order valence-corrected chi connectivity index (χ2v) is 6.07. The number of nitrogens with one attached hydrogen (secondary N) is 1. The summed E-state index contributed by atoms with van der Waals surface area (Å²) in [6.07, 6.45) is 5.05. The Morgan fingerprint density at radius 2 is 2.18 bits per heavy atom. The summed E-state index contributed by atoms with van der Waals surface area (Å²) in [6.45, 7) is 7.26. The first kappa shape index (κ1) is 13.3. The molecule has 1 heterocycles. The highest BCUT2D eigenvalue weighted by molar-refractivity contribution is 4.90. The van der Waals surface area contributed by atoms with E-state index in [9.17, 15) is 0 Å². The van der Waals surface area contributed by atoms with Gasteiger partial charge in [-0.25, -0.2) is 0 Å². The van der Waals surface area contributed by atoms with Crippen molar-refractivity contribution in [2.45, 2.75) is 51.2 Å². The maximum atomic E-state index is 5.66. The molecule has 0 aromatic heterocycles. The third kappa shape index (κ3) is 3.21. The molecule has 0 bridgehead atoms. The van der Waals surface area contributed by atoms with Crippen molar-refractivity contribution in [2.75, 3.05) is 26.9 Å². The zero-order valence-electron chi connectivity index (χ0n) is 11.5. The lowest BCUT2D eigenvalue weighted by molar-refractivity contribution is -0.0198. The molecule has 0 aromatic carbocycles. The number of ether oxygens (including phenoxy) is 2. The highest BCUT2D eigenvalue weighted by atomic mass is 16.5. The molecule has 100 valence electrons. The van der Waals surface area contributed by atoms with Crippen LogP contribution < -0.4 is 5.32 Å². The largest absolute Gasteiger partial charge is 0.378 e. The topological polar surface area (TPSA) is 30.5 Å². The van der Waals surface area contributed by atoms with E-state index in [0.717, 1.165) is 38.0 Å². The third-order valence-electron chi connectivity index (χ3n) is 4.62. The van der Waals surface area contributed by atoms with E-state index < -0.39 is 0 Å². The van der Waals surface area contributed by atoms with Crippen LogP contribution in [0.4, 0.5) is 0 Å². The van der Waals surface area contributed by atoms with Gasteiger partial charge in [-0.15, -0.1) is 0 Å². The molecule has 3 nitrogen and oxygen atoms in total. The molecule has 3 heteroatoms. The van der Waals surface area contributed by atoms with Gasteiger partial charge >= 0.3 is 0 Å². The Bertz CT molecular complexity index is 238. The van der Waals surface area contributed by atoms with E-state index in [1.165, 1.54) is 19.3 Å². The Kier molecular flexibility index (Phi) is 4.45. The van der Waals surface area contributed by atoms with Gasteiger partial charge in [0.2, 0.25) is 0 Å². The summed E-state index contributed by atoms with van der Waals surface area (Å²) in [5.74, 6) is 1.68. The molecule has 1 N–H and O–H groups in total. The molecule has 0 amide bonds. The minimum absolute atomic E-state index is 0.0667. The van der Waals surface area contributed by atoms with Crippen molar-refractivity contribution in [3.8, 4) is 0 Å². The summed E-state index contributed by atoms with van der Waals surface area (Å²) < 4.78 is 11.1. The van der Waals surface area contributed by atoms with Crippen LogP contribution in [-0.4, -0.2) is 38.5 Å². The van der Waals surface area contributed by atoms with Crippen molar-refractivity contribution in [1.29, 1.82) is 0 Å². The number of hydrogen-bond donors (Lipinski definition) is 1. The zero-order valence-corrected chi connectivity index (χ0v) is 11.5. The molecule has 1 aliphatic heterocycles. The fourth-order valence-electron chi connectivity index (χ4n) is 3.25. The Morgan fingerprint density at radius 1 is 1.35 bits per heavy atom. The molecular weight excluding hydrogens is 214 g/mol. The Balaban J connectivity index is 1.81. The van der Waals surface area contributed by atoms with Crippen molar-refractivity contribution < 1.29 is 9.47 Å². The molecule has 17 heavy (non-hydrogen) atoms. The van der Waals surface area contributed by atoms with Gasteiger partial charge in [0.05, 0.1) is 6.61 Å². The van der Waals surface area contributed by atoms with Crippen molar-refractivity contribution in [3.63, 3.8) is 0 Å². The summed E-state index contributed by atoms with van der Waals surface area (Å²) in [6, 6.07) is 0.666. The second kappa shape index (κ2) is 5.68. The molecule has 4 atom stereocenters. The predicted octanol–water partition coefficient (Wildman–Crippen LogP) is 2.21. The summed E-state index contributed by atoms with van der Waals surface area (Å²) in [5, 5.41) is 3.72. The molecule has 4 unspecified atom stereocenters. The first-order valence-electron chi connectivity index (χ1n) is 7.01. The molecule has 2 fully saturated rings. The summed E-state index contributed by atoms with van der Waals surface area (Å²) in [5.41, 5.74) is -0.0667. The van der Waals surface area contributed by atoms with Gasteiger partial charge in [-0.05, 0) is 31.1 Å². The van der Waals surface area contributed by atoms with Crippen LogP contribution in [0.3, 0.4) is 0 Å². The maximum Gasteiger partial charge on any atom is 0.106 e. The van der Waals surface area contributed by atoms with Crippen molar-refractivity contribution in [2.24, 2.45) is 11.8 Å². The normalized spacial score (nSPS) is 42.9. The molecule has 2 aliphatic rings. The van der Waals surface area contributed by atoms with Crippen LogP contribution in [0.15, 0.2) is 0 Å². The van der Waals surface area contributed by atoms with Gasteiger partial charge in [0.25, 0.3) is 0 Å². The predicted molar refractivity (Wildman–Crippen MR) is 69.1 cm³/mol. The fraction of sp³-hybridized carbons (Fsp3) is 1.00. The molecule has 0 aromatic rings. The summed E-state index contributed by atoms with van der Waals surface area (Å²) in [4.78, 5) is 0. The smallest absolute Gasteiger partial charge is 0.106 e. The number of hydrogen-bond acceptors (Lipinski definition) is 3. The second-order valence-electron chi connectivity index (χ2n) is 6.07. The van der Waals surface area contributed by atoms with Crippen LogP contribution in [-0.2, 0) is 9.47 Å². The lowest BCUT2D eigenvalue weighted by Crippen LogP contribution is -2.49. The average Bonchev–Trinajstić information content (AvgIpc) is 2.77. The first-order valence-corrected chi connectivity index (χ1v) is 7.01. The number of rotatable bonds is 4. The Morgan fingerprint density at radius 3 is 2.76 bits per heavy atom. The van der Waals surface area contributed by atoms with Crippen LogP contribution in [0.5, 0.6) is 0 Å². The molecule has 2 rings (SSSR count). The van der Waals surface area contributed by atoms with Crippen LogP contribution in [0.25, 0.3) is 0 Å².